The second kappa shape index (κ2) is 9.93. The predicted octanol–water partition coefficient (Wildman–Crippen LogP) is 3.04. The van der Waals surface area contributed by atoms with Gasteiger partial charge >= 0.3 is 12.1 Å². The number of ether oxygens (including phenoxy) is 2. The summed E-state index contributed by atoms with van der Waals surface area (Å²) in [5, 5.41) is 0. The maximum Gasteiger partial charge on any atom is 0.410 e. The van der Waals surface area contributed by atoms with Crippen LogP contribution in [-0.2, 0) is 35.2 Å². The lowest BCUT2D eigenvalue weighted by Crippen LogP contribution is -2.41. The molecule has 0 saturated carbocycles. The number of aryl methyl sites for hydroxylation is 1. The van der Waals surface area contributed by atoms with Crippen molar-refractivity contribution >= 4 is 22.2 Å². The van der Waals surface area contributed by atoms with Crippen LogP contribution in [0.4, 0.5) is 4.79 Å². The van der Waals surface area contributed by atoms with E-state index in [-0.39, 0.29) is 31.1 Å². The first-order chi connectivity index (χ1) is 14.8. The molecule has 1 aliphatic rings. The average molecular weight is 448 g/mol. The number of likely N-dealkylation sites (tertiary alicyclic amines) is 1. The number of esters is 1. The molecule has 0 aromatic heterocycles. The Bertz CT molecular complexity index is 1010. The minimum Gasteiger partial charge on any atom is -0.464 e. The third-order valence-electron chi connectivity index (χ3n) is 4.83. The molecular weight excluding hydrogens is 422 g/mol. The molecule has 1 fully saturated rings. The Kier molecular flexibility index (Phi) is 7.29. The van der Waals surface area contributed by atoms with Gasteiger partial charge in [-0.25, -0.2) is 9.59 Å². The quantitative estimate of drug-likeness (QED) is 0.475. The smallest absolute Gasteiger partial charge is 0.410 e. The molecule has 0 spiro atoms. The topological polar surface area (TPSA) is 99.2 Å². The SMILES string of the molecule is CCOC(=O)[C@H]1CC(OS(=O)(=O)c2ccc(C)cc2)CN1C(=O)OCc1ccccc1. The van der Waals surface area contributed by atoms with E-state index in [1.54, 1.807) is 31.2 Å². The van der Waals surface area contributed by atoms with Crippen LogP contribution in [0.1, 0.15) is 24.5 Å². The lowest BCUT2D eigenvalue weighted by atomic mass is 10.2. The Labute approximate surface area is 181 Å². The van der Waals surface area contributed by atoms with Crippen LogP contribution in [0.25, 0.3) is 0 Å². The van der Waals surface area contributed by atoms with Gasteiger partial charge < -0.3 is 9.47 Å². The van der Waals surface area contributed by atoms with Crippen LogP contribution in [0, 0.1) is 6.92 Å². The van der Waals surface area contributed by atoms with Gasteiger partial charge in [-0.05, 0) is 31.5 Å². The minimum absolute atomic E-state index is 0.00956. The van der Waals surface area contributed by atoms with Crippen molar-refractivity contribution in [3.8, 4) is 0 Å². The van der Waals surface area contributed by atoms with Crippen molar-refractivity contribution in [1.29, 1.82) is 0 Å². The van der Waals surface area contributed by atoms with Crippen molar-refractivity contribution in [2.24, 2.45) is 0 Å². The van der Waals surface area contributed by atoms with Crippen LogP contribution in [0.3, 0.4) is 0 Å². The summed E-state index contributed by atoms with van der Waals surface area (Å²) in [7, 11) is -4.06. The van der Waals surface area contributed by atoms with E-state index >= 15 is 0 Å². The van der Waals surface area contributed by atoms with E-state index < -0.39 is 34.3 Å². The van der Waals surface area contributed by atoms with Crippen LogP contribution < -0.4 is 0 Å². The molecule has 8 nitrogen and oxygen atoms in total. The Morgan fingerprint density at radius 2 is 1.71 bits per heavy atom. The first-order valence-corrected chi connectivity index (χ1v) is 11.3. The van der Waals surface area contributed by atoms with Gasteiger partial charge in [0, 0.05) is 6.42 Å². The molecule has 0 bridgehead atoms. The van der Waals surface area contributed by atoms with Crippen molar-refractivity contribution < 1.29 is 31.7 Å². The average Bonchev–Trinajstić information content (AvgIpc) is 3.16. The van der Waals surface area contributed by atoms with Crippen LogP contribution in [0.2, 0.25) is 0 Å². The third kappa shape index (κ3) is 5.83. The molecule has 0 aliphatic carbocycles. The Morgan fingerprint density at radius 1 is 1.03 bits per heavy atom. The zero-order valence-corrected chi connectivity index (χ0v) is 18.2. The van der Waals surface area contributed by atoms with E-state index in [0.717, 1.165) is 16.0 Å². The molecule has 0 N–H and O–H groups in total. The van der Waals surface area contributed by atoms with E-state index in [1.165, 1.54) is 12.1 Å². The Hall–Kier alpha value is -2.91. The van der Waals surface area contributed by atoms with Crippen molar-refractivity contribution in [2.45, 2.75) is 43.9 Å². The molecule has 1 unspecified atom stereocenters. The Morgan fingerprint density at radius 3 is 2.35 bits per heavy atom. The van der Waals surface area contributed by atoms with E-state index in [9.17, 15) is 18.0 Å². The van der Waals surface area contributed by atoms with Gasteiger partial charge in [0.25, 0.3) is 10.1 Å². The lowest BCUT2D eigenvalue weighted by molar-refractivity contribution is -0.148. The fourth-order valence-corrected chi connectivity index (χ4v) is 4.35. The molecule has 1 aliphatic heterocycles. The standard InChI is InChI=1S/C22H25NO7S/c1-3-28-21(24)20-13-18(30-31(26,27)19-11-9-16(2)10-12-19)14-23(20)22(25)29-15-17-7-5-4-6-8-17/h4-12,18,20H,3,13-15H2,1-2H3/t18?,20-/m1/s1. The van der Waals surface area contributed by atoms with Gasteiger partial charge in [0.05, 0.1) is 24.2 Å². The zero-order valence-electron chi connectivity index (χ0n) is 17.4. The minimum atomic E-state index is -4.06. The monoisotopic (exact) mass is 447 g/mol. The summed E-state index contributed by atoms with van der Waals surface area (Å²) in [5.41, 5.74) is 1.70. The zero-order chi connectivity index (χ0) is 22.4. The molecule has 2 atom stereocenters. The van der Waals surface area contributed by atoms with Crippen molar-refractivity contribution in [2.75, 3.05) is 13.2 Å². The van der Waals surface area contributed by atoms with Crippen molar-refractivity contribution in [3.63, 3.8) is 0 Å². The molecule has 9 heteroatoms. The number of carbonyl (C=O) groups is 2. The number of rotatable bonds is 7. The van der Waals surface area contributed by atoms with Gasteiger partial charge in [-0.2, -0.15) is 8.42 Å². The summed E-state index contributed by atoms with van der Waals surface area (Å²) in [5.74, 6) is -0.627. The van der Waals surface area contributed by atoms with E-state index in [2.05, 4.69) is 0 Å². The number of carbonyl (C=O) groups excluding carboxylic acids is 2. The number of amides is 1. The molecule has 1 amide bonds. The highest BCUT2D eigenvalue weighted by molar-refractivity contribution is 7.86. The van der Waals surface area contributed by atoms with Crippen molar-refractivity contribution in [1.82, 2.24) is 4.90 Å². The van der Waals surface area contributed by atoms with E-state index in [1.807, 2.05) is 25.1 Å². The van der Waals surface area contributed by atoms with Gasteiger partial charge in [0.15, 0.2) is 0 Å². The summed E-state index contributed by atoms with van der Waals surface area (Å²) in [6, 6.07) is 14.4. The normalized spacial score (nSPS) is 18.6. The molecular formula is C22H25NO7S. The van der Waals surface area contributed by atoms with Gasteiger partial charge in [-0.15, -0.1) is 0 Å². The predicted molar refractivity (Wildman–Crippen MR) is 112 cm³/mol. The van der Waals surface area contributed by atoms with E-state index in [4.69, 9.17) is 13.7 Å². The maximum atomic E-state index is 12.6. The van der Waals surface area contributed by atoms with Crippen LogP contribution in [0.15, 0.2) is 59.5 Å². The number of nitrogens with zero attached hydrogens (tertiary/aromatic N) is 1. The van der Waals surface area contributed by atoms with Gasteiger partial charge in [-0.1, -0.05) is 48.0 Å². The molecule has 3 rings (SSSR count). The van der Waals surface area contributed by atoms with Crippen LogP contribution >= 0.6 is 0 Å². The number of hydrogen-bond donors (Lipinski definition) is 0. The number of benzene rings is 2. The maximum absolute atomic E-state index is 12.6. The largest absolute Gasteiger partial charge is 0.464 e. The van der Waals surface area contributed by atoms with Crippen LogP contribution in [-0.4, -0.2) is 50.7 Å². The summed E-state index contributed by atoms with van der Waals surface area (Å²) >= 11 is 0. The second-order valence-corrected chi connectivity index (χ2v) is 8.75. The molecule has 2 aromatic rings. The highest BCUT2D eigenvalue weighted by atomic mass is 32.2. The molecule has 166 valence electrons. The van der Waals surface area contributed by atoms with Gasteiger partial charge in [0.2, 0.25) is 0 Å². The highest BCUT2D eigenvalue weighted by Crippen LogP contribution is 2.26. The fourth-order valence-electron chi connectivity index (χ4n) is 3.27. The van der Waals surface area contributed by atoms with Crippen LogP contribution in [0.5, 0.6) is 0 Å². The highest BCUT2D eigenvalue weighted by Gasteiger charge is 2.43. The van der Waals surface area contributed by atoms with Crippen molar-refractivity contribution in [3.05, 3.63) is 65.7 Å². The fraction of sp³-hybridized carbons (Fsp3) is 0.364. The molecule has 1 heterocycles. The Balaban J connectivity index is 1.71. The molecule has 1 saturated heterocycles. The molecule has 0 radical (unpaired) electrons. The second-order valence-electron chi connectivity index (χ2n) is 7.18. The number of hydrogen-bond acceptors (Lipinski definition) is 7. The lowest BCUT2D eigenvalue weighted by Gasteiger charge is -2.22. The summed E-state index contributed by atoms with van der Waals surface area (Å²) in [6.45, 7) is 3.55. The summed E-state index contributed by atoms with van der Waals surface area (Å²) in [6.07, 6.45) is -1.64. The molecule has 31 heavy (non-hydrogen) atoms. The van der Waals surface area contributed by atoms with Gasteiger partial charge in [-0.3, -0.25) is 9.08 Å². The van der Waals surface area contributed by atoms with E-state index in [0.29, 0.717) is 0 Å². The summed E-state index contributed by atoms with van der Waals surface area (Å²) < 4.78 is 40.9. The van der Waals surface area contributed by atoms with Gasteiger partial charge in [0.1, 0.15) is 12.6 Å². The first kappa shape index (κ1) is 22.8. The third-order valence-corrected chi connectivity index (χ3v) is 6.21. The molecule has 2 aromatic carbocycles. The summed E-state index contributed by atoms with van der Waals surface area (Å²) in [4.78, 5) is 26.2. The first-order valence-electron chi connectivity index (χ1n) is 9.94.